The molecule has 1 unspecified atom stereocenters. The number of allylic oxidation sites excluding steroid dienone is 1. The van der Waals surface area contributed by atoms with Gasteiger partial charge in [-0.25, -0.2) is 4.79 Å². The van der Waals surface area contributed by atoms with Crippen LogP contribution in [0.2, 0.25) is 0 Å². The summed E-state index contributed by atoms with van der Waals surface area (Å²) in [6.45, 7) is 9.41. The number of carbonyl (C=O) groups is 2. The van der Waals surface area contributed by atoms with Gasteiger partial charge in [0.05, 0.1) is 18.8 Å². The number of esters is 1. The van der Waals surface area contributed by atoms with E-state index in [4.69, 9.17) is 4.74 Å². The lowest BCUT2D eigenvalue weighted by Crippen LogP contribution is -2.48. The van der Waals surface area contributed by atoms with Crippen LogP contribution in [0.4, 0.5) is 5.69 Å². The van der Waals surface area contributed by atoms with Gasteiger partial charge in [-0.2, -0.15) is 0 Å². The van der Waals surface area contributed by atoms with Crippen LogP contribution in [0, 0.1) is 5.41 Å². The second-order valence-electron chi connectivity index (χ2n) is 11.5. The highest BCUT2D eigenvalue weighted by Crippen LogP contribution is 2.36. The molecule has 1 saturated heterocycles. The lowest BCUT2D eigenvalue weighted by molar-refractivity contribution is -0.118. The molecule has 1 aromatic rings. The van der Waals surface area contributed by atoms with Gasteiger partial charge < -0.3 is 20.4 Å². The van der Waals surface area contributed by atoms with E-state index in [-0.39, 0.29) is 16.9 Å². The number of hydrogen-bond donors (Lipinski definition) is 3. The molecule has 7 nitrogen and oxygen atoms in total. The number of aromatic amines is 1. The van der Waals surface area contributed by atoms with Crippen molar-refractivity contribution in [3.63, 3.8) is 0 Å². The van der Waals surface area contributed by atoms with Crippen molar-refractivity contribution in [2.75, 3.05) is 31.6 Å². The number of aromatic nitrogens is 1. The minimum atomic E-state index is -0.410. The summed E-state index contributed by atoms with van der Waals surface area (Å²) in [6, 6.07) is 0. The van der Waals surface area contributed by atoms with E-state index in [9.17, 15) is 9.59 Å². The predicted molar refractivity (Wildman–Crippen MR) is 140 cm³/mol. The molecule has 0 radical (unpaired) electrons. The van der Waals surface area contributed by atoms with Crippen molar-refractivity contribution in [1.82, 2.24) is 15.2 Å². The first-order valence-corrected chi connectivity index (χ1v) is 13.7. The molecule has 1 aromatic heterocycles. The molecule has 3 heterocycles. The van der Waals surface area contributed by atoms with Gasteiger partial charge in [-0.1, -0.05) is 51.7 Å². The number of nitrogens with zero attached hydrogens (tertiary/aromatic N) is 1. The molecule has 194 valence electrons. The molecule has 0 saturated carbocycles. The van der Waals surface area contributed by atoms with Crippen LogP contribution >= 0.6 is 0 Å². The highest BCUT2D eigenvalue weighted by Gasteiger charge is 2.36. The topological polar surface area (TPSA) is 86.5 Å². The van der Waals surface area contributed by atoms with Crippen molar-refractivity contribution < 1.29 is 14.3 Å². The molecule has 1 spiro atoms. The molecule has 2 aliphatic heterocycles. The van der Waals surface area contributed by atoms with Crippen molar-refractivity contribution in [2.45, 2.75) is 97.1 Å². The third-order valence-electron chi connectivity index (χ3n) is 7.82. The monoisotopic (exact) mass is 484 g/mol. The minimum absolute atomic E-state index is 0.0751. The Hall–Kier alpha value is -2.12. The number of amides is 1. The molecule has 7 heteroatoms. The van der Waals surface area contributed by atoms with E-state index in [1.54, 1.807) is 6.92 Å². The maximum atomic E-state index is 13.1. The fourth-order valence-electron chi connectivity index (χ4n) is 6.05. The van der Waals surface area contributed by atoms with Gasteiger partial charge >= 0.3 is 5.97 Å². The van der Waals surface area contributed by atoms with Crippen LogP contribution < -0.4 is 10.6 Å². The first kappa shape index (κ1) is 26.0. The number of rotatable bonds is 5. The number of ether oxygens (including phenoxy) is 1. The third kappa shape index (κ3) is 6.56. The molecule has 1 aliphatic carbocycles. The van der Waals surface area contributed by atoms with E-state index in [2.05, 4.69) is 46.5 Å². The Labute approximate surface area is 210 Å². The Balaban J connectivity index is 1.55. The molecule has 35 heavy (non-hydrogen) atoms. The van der Waals surface area contributed by atoms with Crippen molar-refractivity contribution in [1.29, 1.82) is 0 Å². The quantitative estimate of drug-likeness (QED) is 0.407. The van der Waals surface area contributed by atoms with Crippen molar-refractivity contribution >= 4 is 17.6 Å². The molecule has 1 amide bonds. The van der Waals surface area contributed by atoms with Gasteiger partial charge in [-0.05, 0) is 51.0 Å². The molecule has 3 N–H and O–H groups in total. The molecular weight excluding hydrogens is 440 g/mol. The predicted octanol–water partition coefficient (Wildman–Crippen LogP) is 4.94. The molecule has 3 aliphatic rings. The van der Waals surface area contributed by atoms with Crippen LogP contribution in [0.1, 0.15) is 100 Å². The molecule has 1 fully saturated rings. The summed E-state index contributed by atoms with van der Waals surface area (Å²) in [5.41, 5.74) is 3.09. The first-order chi connectivity index (χ1) is 16.8. The van der Waals surface area contributed by atoms with E-state index in [0.29, 0.717) is 31.1 Å². The van der Waals surface area contributed by atoms with Gasteiger partial charge in [0.1, 0.15) is 5.69 Å². The van der Waals surface area contributed by atoms with E-state index in [1.807, 2.05) is 0 Å². The van der Waals surface area contributed by atoms with Gasteiger partial charge in [0, 0.05) is 36.3 Å². The number of carbonyl (C=O) groups excluding carboxylic acids is 2. The second kappa shape index (κ2) is 11.3. The molecule has 0 aromatic carbocycles. The minimum Gasteiger partial charge on any atom is -0.461 e. The Morgan fingerprint density at radius 3 is 2.71 bits per heavy atom. The number of fused-ring (bicyclic) bond motifs is 1. The third-order valence-corrected chi connectivity index (χ3v) is 7.82. The van der Waals surface area contributed by atoms with Gasteiger partial charge in [0.15, 0.2) is 0 Å². The standard InChI is InChI=1S/C28H44N4O3/c1-4-35-26(34)25-24(31-23(33)19-32-16-12-13-27(2,3)20-32)21-18-29-28(17-22(21)30-25)14-10-8-6-5-7-9-11-15-28/h10,14,29-30H,4-9,11-13,15-20H2,1-3H3,(H,31,33)/b14-10-. The van der Waals surface area contributed by atoms with E-state index < -0.39 is 5.97 Å². The van der Waals surface area contributed by atoms with Crippen LogP contribution in [-0.4, -0.2) is 53.5 Å². The normalized spacial score (nSPS) is 26.0. The van der Waals surface area contributed by atoms with Crippen LogP contribution in [0.25, 0.3) is 0 Å². The SMILES string of the molecule is CCOC(=O)c1[nH]c2c(c1NC(=O)CN1CCCC(C)(C)C1)CNC1(/C=C\CCCCCCC1)C2. The molecule has 4 rings (SSSR count). The van der Waals surface area contributed by atoms with Gasteiger partial charge in [0.25, 0.3) is 0 Å². The fraction of sp³-hybridized carbons (Fsp3) is 0.714. The number of hydrogen-bond acceptors (Lipinski definition) is 5. The van der Waals surface area contributed by atoms with Crippen molar-refractivity contribution in [2.24, 2.45) is 5.41 Å². The van der Waals surface area contributed by atoms with Crippen LogP contribution in [0.15, 0.2) is 12.2 Å². The summed E-state index contributed by atoms with van der Waals surface area (Å²) in [6.07, 6.45) is 16.2. The lowest BCUT2D eigenvalue weighted by atomic mass is 9.82. The molecule has 0 bridgehead atoms. The summed E-state index contributed by atoms with van der Waals surface area (Å²) in [4.78, 5) is 31.5. The smallest absolute Gasteiger partial charge is 0.356 e. The summed E-state index contributed by atoms with van der Waals surface area (Å²) in [7, 11) is 0. The number of H-pyrrole nitrogens is 1. The van der Waals surface area contributed by atoms with E-state index in [1.165, 1.54) is 38.5 Å². The lowest BCUT2D eigenvalue weighted by Gasteiger charge is -2.37. The number of piperidine rings is 1. The van der Waals surface area contributed by atoms with E-state index in [0.717, 1.165) is 50.0 Å². The highest BCUT2D eigenvalue weighted by molar-refractivity contribution is 6.02. The Morgan fingerprint density at radius 2 is 1.91 bits per heavy atom. The number of likely N-dealkylation sites (tertiary alicyclic amines) is 1. The van der Waals surface area contributed by atoms with Gasteiger partial charge in [0.2, 0.25) is 5.91 Å². The second-order valence-corrected chi connectivity index (χ2v) is 11.5. The molecular formula is C28H44N4O3. The average Bonchev–Trinajstić information content (AvgIpc) is 3.15. The van der Waals surface area contributed by atoms with E-state index >= 15 is 0 Å². The summed E-state index contributed by atoms with van der Waals surface area (Å²) >= 11 is 0. The zero-order valence-corrected chi connectivity index (χ0v) is 21.9. The first-order valence-electron chi connectivity index (χ1n) is 13.7. The zero-order chi connectivity index (χ0) is 24.9. The Morgan fingerprint density at radius 1 is 1.11 bits per heavy atom. The zero-order valence-electron chi connectivity index (χ0n) is 21.9. The number of anilines is 1. The molecule has 1 atom stereocenters. The largest absolute Gasteiger partial charge is 0.461 e. The average molecular weight is 485 g/mol. The summed E-state index contributed by atoms with van der Waals surface area (Å²) in [5.74, 6) is -0.485. The van der Waals surface area contributed by atoms with Gasteiger partial charge in [-0.3, -0.25) is 9.69 Å². The van der Waals surface area contributed by atoms with Crippen molar-refractivity contribution in [3.05, 3.63) is 29.1 Å². The van der Waals surface area contributed by atoms with Crippen molar-refractivity contribution in [3.8, 4) is 0 Å². The highest BCUT2D eigenvalue weighted by atomic mass is 16.5. The van der Waals surface area contributed by atoms with Crippen LogP contribution in [0.5, 0.6) is 0 Å². The van der Waals surface area contributed by atoms with Gasteiger partial charge in [-0.15, -0.1) is 0 Å². The summed E-state index contributed by atoms with van der Waals surface area (Å²) < 4.78 is 5.34. The Kier molecular flexibility index (Phi) is 8.38. The number of nitrogens with one attached hydrogen (secondary N) is 3. The van der Waals surface area contributed by atoms with Crippen LogP contribution in [0.3, 0.4) is 0 Å². The Bertz CT molecular complexity index is 935. The maximum absolute atomic E-state index is 13.1. The maximum Gasteiger partial charge on any atom is 0.356 e. The van der Waals surface area contributed by atoms with Crippen LogP contribution in [-0.2, 0) is 22.5 Å². The summed E-state index contributed by atoms with van der Waals surface area (Å²) in [5, 5.41) is 6.87. The fourth-order valence-corrected chi connectivity index (χ4v) is 6.05.